The van der Waals surface area contributed by atoms with E-state index in [0.717, 1.165) is 16.7 Å². The van der Waals surface area contributed by atoms with E-state index in [2.05, 4.69) is 5.32 Å². The van der Waals surface area contributed by atoms with Gasteiger partial charge in [-0.05, 0) is 56.0 Å². The summed E-state index contributed by atoms with van der Waals surface area (Å²) in [6.07, 6.45) is 0.689. The average molecular weight is 355 g/mol. The number of aryl methyl sites for hydroxylation is 1. The normalized spacial score (nSPS) is 11.0. The number of rotatable bonds is 8. The maximum absolute atomic E-state index is 12.6. The summed E-state index contributed by atoms with van der Waals surface area (Å²) < 4.78 is 5.10. The maximum atomic E-state index is 12.6. The Balaban J connectivity index is 1.88. The summed E-state index contributed by atoms with van der Waals surface area (Å²) in [7, 11) is 0. The molecule has 0 fully saturated rings. The van der Waals surface area contributed by atoms with E-state index in [9.17, 15) is 9.59 Å². The average Bonchev–Trinajstić information content (AvgIpc) is 2.61. The van der Waals surface area contributed by atoms with Gasteiger partial charge in [-0.25, -0.2) is 4.79 Å². The summed E-state index contributed by atoms with van der Waals surface area (Å²) in [4.78, 5) is 23.1. The van der Waals surface area contributed by atoms with Crippen LogP contribution in [0.4, 0.5) is 0 Å². The van der Waals surface area contributed by atoms with Crippen LogP contribution in [-0.2, 0) is 21.4 Å². The molecule has 2 aromatic carbocycles. The summed E-state index contributed by atoms with van der Waals surface area (Å²) >= 11 is 0. The van der Waals surface area contributed by atoms with Crippen molar-refractivity contribution in [3.8, 4) is 5.75 Å². The van der Waals surface area contributed by atoms with Crippen LogP contribution in [0.25, 0.3) is 0 Å². The second-order valence-electron chi connectivity index (χ2n) is 6.77. The molecule has 0 aliphatic heterocycles. The minimum Gasteiger partial charge on any atom is -0.482 e. The molecular formula is C21H25NO4. The summed E-state index contributed by atoms with van der Waals surface area (Å²) in [5.74, 6) is -0.498. The molecule has 0 saturated carbocycles. The van der Waals surface area contributed by atoms with Crippen molar-refractivity contribution in [3.05, 3.63) is 65.2 Å². The molecule has 2 N–H and O–H groups in total. The van der Waals surface area contributed by atoms with E-state index < -0.39 is 11.4 Å². The largest absolute Gasteiger partial charge is 0.482 e. The van der Waals surface area contributed by atoms with Crippen LogP contribution >= 0.6 is 0 Å². The van der Waals surface area contributed by atoms with Crippen LogP contribution in [0.15, 0.2) is 48.5 Å². The highest BCUT2D eigenvalue weighted by Gasteiger charge is 2.30. The number of amides is 1. The quantitative estimate of drug-likeness (QED) is 0.763. The third kappa shape index (κ3) is 5.09. The molecule has 0 radical (unpaired) electrons. The Morgan fingerprint density at radius 1 is 1.08 bits per heavy atom. The molecule has 0 aliphatic rings. The summed E-state index contributed by atoms with van der Waals surface area (Å²) in [6, 6.07) is 15.1. The summed E-state index contributed by atoms with van der Waals surface area (Å²) in [5, 5.41) is 11.6. The third-order valence-electron chi connectivity index (χ3n) is 4.37. The lowest BCUT2D eigenvalue weighted by molar-refractivity contribution is -0.139. The number of carbonyl (C=O) groups is 2. The Morgan fingerprint density at radius 3 is 2.35 bits per heavy atom. The van der Waals surface area contributed by atoms with Crippen molar-refractivity contribution in [1.29, 1.82) is 0 Å². The van der Waals surface area contributed by atoms with Crippen molar-refractivity contribution >= 4 is 11.9 Å². The molecule has 0 unspecified atom stereocenters. The predicted molar refractivity (Wildman–Crippen MR) is 100 cm³/mol. The van der Waals surface area contributed by atoms with Crippen molar-refractivity contribution in [2.45, 2.75) is 32.6 Å². The molecule has 5 nitrogen and oxygen atoms in total. The van der Waals surface area contributed by atoms with Gasteiger partial charge >= 0.3 is 5.97 Å². The zero-order valence-corrected chi connectivity index (χ0v) is 15.4. The van der Waals surface area contributed by atoms with Crippen LogP contribution in [0.5, 0.6) is 5.75 Å². The first-order chi connectivity index (χ1) is 12.3. The van der Waals surface area contributed by atoms with E-state index in [-0.39, 0.29) is 12.5 Å². The molecular weight excluding hydrogens is 330 g/mol. The fourth-order valence-corrected chi connectivity index (χ4v) is 2.84. The van der Waals surface area contributed by atoms with Gasteiger partial charge in [0, 0.05) is 6.54 Å². The molecule has 138 valence electrons. The van der Waals surface area contributed by atoms with Gasteiger partial charge in [0.2, 0.25) is 5.91 Å². The number of carboxylic acid groups (broad SMARTS) is 1. The number of benzene rings is 2. The van der Waals surface area contributed by atoms with Crippen LogP contribution in [0.1, 0.15) is 30.5 Å². The van der Waals surface area contributed by atoms with Gasteiger partial charge in [-0.1, -0.05) is 36.4 Å². The number of carbonyl (C=O) groups excluding carboxylic acids is 1. The van der Waals surface area contributed by atoms with Gasteiger partial charge in [-0.15, -0.1) is 0 Å². The fraction of sp³-hybridized carbons (Fsp3) is 0.333. The summed E-state index contributed by atoms with van der Waals surface area (Å²) in [5.41, 5.74) is 2.57. The zero-order chi connectivity index (χ0) is 19.2. The number of carboxylic acids is 1. The lowest BCUT2D eigenvalue weighted by Gasteiger charge is -2.26. The maximum Gasteiger partial charge on any atom is 0.341 e. The first-order valence-electron chi connectivity index (χ1n) is 8.58. The van der Waals surface area contributed by atoms with Crippen molar-refractivity contribution in [1.82, 2.24) is 5.32 Å². The van der Waals surface area contributed by atoms with Crippen LogP contribution in [0, 0.1) is 6.92 Å². The SMILES string of the molecule is Cc1ccccc1C(C)(C)C(=O)NCCc1ccc(OCC(=O)O)cc1. The van der Waals surface area contributed by atoms with Crippen molar-refractivity contribution in [2.75, 3.05) is 13.2 Å². The Bertz CT molecular complexity index is 766. The minimum absolute atomic E-state index is 0.00629. The van der Waals surface area contributed by atoms with Crippen LogP contribution in [-0.4, -0.2) is 30.1 Å². The Morgan fingerprint density at radius 2 is 1.73 bits per heavy atom. The Kier molecular flexibility index (Phi) is 6.39. The van der Waals surface area contributed by atoms with Crippen molar-refractivity contribution in [2.24, 2.45) is 0 Å². The van der Waals surface area contributed by atoms with Gasteiger partial charge in [0.25, 0.3) is 0 Å². The predicted octanol–water partition coefficient (Wildman–Crippen LogP) is 3.09. The molecule has 2 aromatic rings. The second-order valence-corrected chi connectivity index (χ2v) is 6.77. The van der Waals surface area contributed by atoms with Gasteiger partial charge in [0.1, 0.15) is 5.75 Å². The first-order valence-corrected chi connectivity index (χ1v) is 8.58. The molecule has 0 saturated heterocycles. The number of hydrogen-bond donors (Lipinski definition) is 2. The first kappa shape index (κ1) is 19.5. The molecule has 0 atom stereocenters. The molecule has 1 amide bonds. The Hall–Kier alpha value is -2.82. The van der Waals surface area contributed by atoms with E-state index in [4.69, 9.17) is 9.84 Å². The molecule has 26 heavy (non-hydrogen) atoms. The molecule has 2 rings (SSSR count). The third-order valence-corrected chi connectivity index (χ3v) is 4.37. The molecule has 0 bridgehead atoms. The van der Waals surface area contributed by atoms with Crippen LogP contribution < -0.4 is 10.1 Å². The second kappa shape index (κ2) is 8.52. The molecule has 0 aliphatic carbocycles. The zero-order valence-electron chi connectivity index (χ0n) is 15.4. The smallest absolute Gasteiger partial charge is 0.341 e. The highest BCUT2D eigenvalue weighted by molar-refractivity contribution is 5.87. The van der Waals surface area contributed by atoms with E-state index in [1.54, 1.807) is 12.1 Å². The highest BCUT2D eigenvalue weighted by atomic mass is 16.5. The monoisotopic (exact) mass is 355 g/mol. The molecule has 0 spiro atoms. The number of hydrogen-bond acceptors (Lipinski definition) is 3. The van der Waals surface area contributed by atoms with Gasteiger partial charge < -0.3 is 15.2 Å². The van der Waals surface area contributed by atoms with E-state index >= 15 is 0 Å². The topological polar surface area (TPSA) is 75.6 Å². The lowest BCUT2D eigenvalue weighted by atomic mass is 9.81. The standard InChI is InChI=1S/C21H25NO4/c1-15-6-4-5-7-18(15)21(2,3)20(25)22-13-12-16-8-10-17(11-9-16)26-14-19(23)24/h4-11H,12-14H2,1-3H3,(H,22,25)(H,23,24). The van der Waals surface area contributed by atoms with E-state index in [1.165, 1.54) is 0 Å². The minimum atomic E-state index is -1.01. The van der Waals surface area contributed by atoms with Crippen molar-refractivity contribution in [3.63, 3.8) is 0 Å². The number of ether oxygens (including phenoxy) is 1. The van der Waals surface area contributed by atoms with Crippen molar-refractivity contribution < 1.29 is 19.4 Å². The summed E-state index contributed by atoms with van der Waals surface area (Å²) in [6.45, 7) is 6.05. The molecule has 5 heteroatoms. The lowest BCUT2D eigenvalue weighted by Crippen LogP contribution is -2.41. The van der Waals surface area contributed by atoms with E-state index in [1.807, 2.05) is 57.2 Å². The van der Waals surface area contributed by atoms with Crippen LogP contribution in [0.3, 0.4) is 0 Å². The number of aliphatic carboxylic acids is 1. The Labute approximate surface area is 154 Å². The van der Waals surface area contributed by atoms with Gasteiger partial charge in [-0.2, -0.15) is 0 Å². The molecule has 0 heterocycles. The van der Waals surface area contributed by atoms with Gasteiger partial charge in [-0.3, -0.25) is 4.79 Å². The number of nitrogens with one attached hydrogen (secondary N) is 1. The van der Waals surface area contributed by atoms with Gasteiger partial charge in [0.15, 0.2) is 6.61 Å². The highest BCUT2D eigenvalue weighted by Crippen LogP contribution is 2.26. The van der Waals surface area contributed by atoms with E-state index in [0.29, 0.717) is 18.7 Å². The molecule has 0 aromatic heterocycles. The van der Waals surface area contributed by atoms with Gasteiger partial charge in [0.05, 0.1) is 5.41 Å². The van der Waals surface area contributed by atoms with Crippen LogP contribution in [0.2, 0.25) is 0 Å². The fourth-order valence-electron chi connectivity index (χ4n) is 2.84.